The Hall–Kier alpha value is -2.09. The number of nitrogens with zero attached hydrogens (tertiary/aromatic N) is 1. The third-order valence-corrected chi connectivity index (χ3v) is 3.32. The van der Waals surface area contributed by atoms with Crippen molar-refractivity contribution in [1.82, 2.24) is 4.98 Å². The molecule has 0 amide bonds. The van der Waals surface area contributed by atoms with Gasteiger partial charge in [-0.25, -0.2) is 0 Å². The molecule has 1 heterocycles. The summed E-state index contributed by atoms with van der Waals surface area (Å²) < 4.78 is 5.74. The van der Waals surface area contributed by atoms with E-state index in [4.69, 9.17) is 4.74 Å². The molecule has 110 valence electrons. The van der Waals surface area contributed by atoms with Gasteiger partial charge in [-0.15, -0.1) is 0 Å². The van der Waals surface area contributed by atoms with Crippen molar-refractivity contribution >= 4 is 12.2 Å². The summed E-state index contributed by atoms with van der Waals surface area (Å²) in [6, 6.07) is 12.2. The molecular weight excluding hydrogens is 258 g/mol. The molecule has 0 unspecified atom stereocenters. The van der Waals surface area contributed by atoms with Crippen LogP contribution in [0.3, 0.4) is 0 Å². The SMILES string of the molecule is CCCCCCOc1ccc(/C=C/c2ccncc2)cc1. The summed E-state index contributed by atoms with van der Waals surface area (Å²) in [4.78, 5) is 4.01. The molecule has 2 aromatic rings. The molecule has 0 aliphatic carbocycles. The van der Waals surface area contributed by atoms with Crippen molar-refractivity contribution in [3.63, 3.8) is 0 Å². The van der Waals surface area contributed by atoms with E-state index in [1.165, 1.54) is 24.8 Å². The van der Waals surface area contributed by atoms with Crippen molar-refractivity contribution in [1.29, 1.82) is 0 Å². The van der Waals surface area contributed by atoms with E-state index >= 15 is 0 Å². The molecule has 0 radical (unpaired) electrons. The Morgan fingerprint density at radius 2 is 1.52 bits per heavy atom. The molecule has 0 bridgehead atoms. The molecule has 0 atom stereocenters. The van der Waals surface area contributed by atoms with Crippen molar-refractivity contribution in [2.45, 2.75) is 32.6 Å². The fraction of sp³-hybridized carbons (Fsp3) is 0.316. The maximum Gasteiger partial charge on any atom is 0.119 e. The van der Waals surface area contributed by atoms with Gasteiger partial charge in [0.2, 0.25) is 0 Å². The topological polar surface area (TPSA) is 22.1 Å². The van der Waals surface area contributed by atoms with Crippen LogP contribution >= 0.6 is 0 Å². The zero-order valence-corrected chi connectivity index (χ0v) is 12.7. The monoisotopic (exact) mass is 281 g/mol. The summed E-state index contributed by atoms with van der Waals surface area (Å²) in [5.41, 5.74) is 2.33. The molecule has 0 fully saturated rings. The molecule has 21 heavy (non-hydrogen) atoms. The number of unbranched alkanes of at least 4 members (excludes halogenated alkanes) is 3. The quantitative estimate of drug-likeness (QED) is 0.619. The van der Waals surface area contributed by atoms with Crippen molar-refractivity contribution in [2.24, 2.45) is 0 Å². The van der Waals surface area contributed by atoms with E-state index in [1.807, 2.05) is 24.3 Å². The molecule has 1 aromatic carbocycles. The lowest BCUT2D eigenvalue weighted by Crippen LogP contribution is -1.96. The fourth-order valence-corrected chi connectivity index (χ4v) is 2.06. The smallest absolute Gasteiger partial charge is 0.119 e. The van der Waals surface area contributed by atoms with Gasteiger partial charge in [-0.3, -0.25) is 4.98 Å². The van der Waals surface area contributed by atoms with Crippen LogP contribution in [0.25, 0.3) is 12.2 Å². The maximum atomic E-state index is 5.74. The Balaban J connectivity index is 1.80. The first-order chi connectivity index (χ1) is 10.4. The Labute approximate surface area is 127 Å². The first kappa shape index (κ1) is 15.3. The number of benzene rings is 1. The van der Waals surface area contributed by atoms with Crippen LogP contribution in [-0.2, 0) is 0 Å². The van der Waals surface area contributed by atoms with Gasteiger partial charge < -0.3 is 4.74 Å². The molecule has 0 N–H and O–H groups in total. The Bertz CT molecular complexity index is 531. The zero-order valence-electron chi connectivity index (χ0n) is 12.7. The van der Waals surface area contributed by atoms with E-state index in [-0.39, 0.29) is 0 Å². The van der Waals surface area contributed by atoms with Crippen molar-refractivity contribution in [3.05, 3.63) is 59.9 Å². The predicted molar refractivity (Wildman–Crippen MR) is 89.2 cm³/mol. The second-order valence-corrected chi connectivity index (χ2v) is 5.09. The zero-order chi connectivity index (χ0) is 14.8. The van der Waals surface area contributed by atoms with E-state index in [1.54, 1.807) is 12.4 Å². The summed E-state index contributed by atoms with van der Waals surface area (Å²) in [6.07, 6.45) is 12.7. The third-order valence-electron chi connectivity index (χ3n) is 3.32. The van der Waals surface area contributed by atoms with Gasteiger partial charge in [0.1, 0.15) is 5.75 Å². The second-order valence-electron chi connectivity index (χ2n) is 5.09. The van der Waals surface area contributed by atoms with Gasteiger partial charge in [0.25, 0.3) is 0 Å². The Morgan fingerprint density at radius 1 is 0.857 bits per heavy atom. The van der Waals surface area contributed by atoms with E-state index < -0.39 is 0 Å². The van der Waals surface area contributed by atoms with Gasteiger partial charge in [-0.05, 0) is 41.8 Å². The van der Waals surface area contributed by atoms with Gasteiger partial charge in [0, 0.05) is 12.4 Å². The van der Waals surface area contributed by atoms with Gasteiger partial charge in [0.15, 0.2) is 0 Å². The fourth-order valence-electron chi connectivity index (χ4n) is 2.06. The minimum absolute atomic E-state index is 0.812. The summed E-state index contributed by atoms with van der Waals surface area (Å²) in [7, 11) is 0. The van der Waals surface area contributed by atoms with Crippen LogP contribution in [0.15, 0.2) is 48.8 Å². The van der Waals surface area contributed by atoms with Gasteiger partial charge >= 0.3 is 0 Å². The molecule has 0 spiro atoms. The number of ether oxygens (including phenoxy) is 1. The molecule has 1 aromatic heterocycles. The Morgan fingerprint density at radius 3 is 2.19 bits per heavy atom. The Kier molecular flexibility index (Phi) is 6.53. The molecule has 0 saturated carbocycles. The lowest BCUT2D eigenvalue weighted by Gasteiger charge is -2.06. The summed E-state index contributed by atoms with van der Waals surface area (Å²) in [5.74, 6) is 0.951. The highest BCUT2D eigenvalue weighted by Gasteiger charge is 1.94. The minimum Gasteiger partial charge on any atom is -0.494 e. The van der Waals surface area contributed by atoms with Crippen molar-refractivity contribution in [2.75, 3.05) is 6.61 Å². The van der Waals surface area contributed by atoms with Crippen LogP contribution in [0.4, 0.5) is 0 Å². The maximum absolute atomic E-state index is 5.74. The number of rotatable bonds is 8. The lowest BCUT2D eigenvalue weighted by molar-refractivity contribution is 0.305. The van der Waals surface area contributed by atoms with Crippen LogP contribution in [0.1, 0.15) is 43.7 Å². The van der Waals surface area contributed by atoms with Crippen LogP contribution in [0, 0.1) is 0 Å². The lowest BCUT2D eigenvalue weighted by atomic mass is 10.1. The first-order valence-corrected chi connectivity index (χ1v) is 7.69. The highest BCUT2D eigenvalue weighted by Crippen LogP contribution is 2.15. The number of hydrogen-bond donors (Lipinski definition) is 0. The number of aromatic nitrogens is 1. The van der Waals surface area contributed by atoms with E-state index in [2.05, 4.69) is 36.2 Å². The van der Waals surface area contributed by atoms with Crippen molar-refractivity contribution in [3.8, 4) is 5.75 Å². The first-order valence-electron chi connectivity index (χ1n) is 7.69. The molecule has 0 saturated heterocycles. The standard InChI is InChI=1S/C19H23NO/c1-2-3-4-5-16-21-19-10-8-17(9-11-19)6-7-18-12-14-20-15-13-18/h6-15H,2-5,16H2,1H3/b7-6+. The molecular formula is C19H23NO. The number of hydrogen-bond acceptors (Lipinski definition) is 2. The van der Waals surface area contributed by atoms with Crippen LogP contribution in [0.2, 0.25) is 0 Å². The predicted octanol–water partition coefficient (Wildman–Crippen LogP) is 5.21. The van der Waals surface area contributed by atoms with Crippen molar-refractivity contribution < 1.29 is 4.74 Å². The van der Waals surface area contributed by atoms with E-state index in [0.717, 1.165) is 24.3 Å². The van der Waals surface area contributed by atoms with Crippen LogP contribution in [0.5, 0.6) is 5.75 Å². The molecule has 0 aliphatic heterocycles. The van der Waals surface area contributed by atoms with Crippen LogP contribution < -0.4 is 4.74 Å². The summed E-state index contributed by atoms with van der Waals surface area (Å²) in [6.45, 7) is 3.03. The van der Waals surface area contributed by atoms with E-state index in [0.29, 0.717) is 0 Å². The summed E-state index contributed by atoms with van der Waals surface area (Å²) >= 11 is 0. The largest absolute Gasteiger partial charge is 0.494 e. The average molecular weight is 281 g/mol. The normalized spacial score (nSPS) is 10.9. The van der Waals surface area contributed by atoms with Gasteiger partial charge in [0.05, 0.1) is 6.61 Å². The third kappa shape index (κ3) is 5.82. The second kappa shape index (κ2) is 8.96. The van der Waals surface area contributed by atoms with Crippen LogP contribution in [-0.4, -0.2) is 11.6 Å². The highest BCUT2D eigenvalue weighted by molar-refractivity contribution is 5.69. The van der Waals surface area contributed by atoms with E-state index in [9.17, 15) is 0 Å². The minimum atomic E-state index is 0.812. The summed E-state index contributed by atoms with van der Waals surface area (Å²) in [5, 5.41) is 0. The highest BCUT2D eigenvalue weighted by atomic mass is 16.5. The molecule has 2 nitrogen and oxygen atoms in total. The number of pyridine rings is 1. The molecule has 2 heteroatoms. The van der Waals surface area contributed by atoms with Gasteiger partial charge in [-0.2, -0.15) is 0 Å². The molecule has 0 aliphatic rings. The average Bonchev–Trinajstić information content (AvgIpc) is 2.55. The molecule has 2 rings (SSSR count). The van der Waals surface area contributed by atoms with Gasteiger partial charge in [-0.1, -0.05) is 50.5 Å².